The van der Waals surface area contributed by atoms with E-state index in [1.165, 1.54) is 0 Å². The molecular formula is C15H13ClN2O. The van der Waals surface area contributed by atoms with E-state index in [2.05, 4.69) is 5.10 Å². The fraction of sp³-hybridized carbons (Fsp3) is 0.200. The molecule has 1 aromatic carbocycles. The van der Waals surface area contributed by atoms with Gasteiger partial charge in [0.05, 0.1) is 12.7 Å². The van der Waals surface area contributed by atoms with E-state index in [4.69, 9.17) is 11.6 Å². The van der Waals surface area contributed by atoms with Gasteiger partial charge in [-0.1, -0.05) is 24.3 Å². The molecule has 1 aliphatic rings. The molecule has 1 aromatic heterocycles. The van der Waals surface area contributed by atoms with Crippen LogP contribution in [0.15, 0.2) is 42.2 Å². The lowest BCUT2D eigenvalue weighted by Crippen LogP contribution is -1.98. The molecule has 0 unspecified atom stereocenters. The van der Waals surface area contributed by atoms with Gasteiger partial charge in [0.25, 0.3) is 0 Å². The first-order valence-electron chi connectivity index (χ1n) is 6.19. The fourth-order valence-corrected chi connectivity index (χ4v) is 2.51. The maximum Gasteiger partial charge on any atom is 0.189 e. The van der Waals surface area contributed by atoms with E-state index >= 15 is 0 Å². The van der Waals surface area contributed by atoms with Crippen molar-refractivity contribution in [2.24, 2.45) is 0 Å². The molecule has 0 N–H and O–H groups in total. The zero-order valence-corrected chi connectivity index (χ0v) is 11.1. The van der Waals surface area contributed by atoms with Crippen molar-refractivity contribution in [1.82, 2.24) is 9.78 Å². The van der Waals surface area contributed by atoms with Crippen LogP contribution in [-0.4, -0.2) is 21.4 Å². The number of nitrogens with zero attached hydrogens (tertiary/aromatic N) is 2. The Balaban J connectivity index is 1.87. The summed E-state index contributed by atoms with van der Waals surface area (Å²) in [5.41, 5.74) is 3.70. The number of aromatic nitrogens is 2. The van der Waals surface area contributed by atoms with Gasteiger partial charge in [0.1, 0.15) is 0 Å². The highest BCUT2D eigenvalue weighted by atomic mass is 35.5. The molecule has 1 aliphatic carbocycles. The van der Waals surface area contributed by atoms with Crippen molar-refractivity contribution in [2.75, 3.05) is 5.88 Å². The van der Waals surface area contributed by atoms with Gasteiger partial charge in [-0.15, -0.1) is 11.6 Å². The Kier molecular flexibility index (Phi) is 3.22. The van der Waals surface area contributed by atoms with Crippen LogP contribution in [0.25, 0.3) is 6.08 Å². The summed E-state index contributed by atoms with van der Waals surface area (Å²) in [6, 6.07) is 7.76. The van der Waals surface area contributed by atoms with Crippen LogP contribution in [0.3, 0.4) is 0 Å². The van der Waals surface area contributed by atoms with E-state index in [9.17, 15) is 4.79 Å². The number of halogens is 1. The second-order valence-electron chi connectivity index (χ2n) is 4.56. The highest BCUT2D eigenvalue weighted by molar-refractivity contribution is 6.17. The van der Waals surface area contributed by atoms with E-state index < -0.39 is 0 Å². The second-order valence-corrected chi connectivity index (χ2v) is 4.94. The van der Waals surface area contributed by atoms with Crippen molar-refractivity contribution in [2.45, 2.75) is 13.0 Å². The Morgan fingerprint density at radius 2 is 2.21 bits per heavy atom. The van der Waals surface area contributed by atoms with E-state index in [0.29, 0.717) is 18.8 Å². The minimum atomic E-state index is 0.126. The molecule has 19 heavy (non-hydrogen) atoms. The van der Waals surface area contributed by atoms with Crippen LogP contribution >= 0.6 is 11.6 Å². The van der Waals surface area contributed by atoms with E-state index in [1.807, 2.05) is 36.5 Å². The summed E-state index contributed by atoms with van der Waals surface area (Å²) >= 11 is 5.67. The van der Waals surface area contributed by atoms with Gasteiger partial charge in [0.2, 0.25) is 0 Å². The smallest absolute Gasteiger partial charge is 0.189 e. The largest absolute Gasteiger partial charge is 0.289 e. The number of alkyl halides is 1. The molecule has 0 aliphatic heterocycles. The molecular weight excluding hydrogens is 260 g/mol. The Morgan fingerprint density at radius 1 is 1.37 bits per heavy atom. The van der Waals surface area contributed by atoms with Gasteiger partial charge in [-0.25, -0.2) is 0 Å². The van der Waals surface area contributed by atoms with Crippen LogP contribution in [0.5, 0.6) is 0 Å². The van der Waals surface area contributed by atoms with Gasteiger partial charge in [0.15, 0.2) is 5.78 Å². The van der Waals surface area contributed by atoms with Crippen molar-refractivity contribution < 1.29 is 4.79 Å². The molecule has 1 heterocycles. The van der Waals surface area contributed by atoms with Crippen molar-refractivity contribution >= 4 is 23.5 Å². The second kappa shape index (κ2) is 5.02. The van der Waals surface area contributed by atoms with Gasteiger partial charge >= 0.3 is 0 Å². The number of allylic oxidation sites excluding steroid dienone is 1. The predicted molar refractivity (Wildman–Crippen MR) is 75.4 cm³/mol. The Bertz CT molecular complexity index is 658. The first-order valence-corrected chi connectivity index (χ1v) is 6.73. The number of ketones is 1. The zero-order chi connectivity index (χ0) is 13.2. The molecule has 96 valence electrons. The third kappa shape index (κ3) is 2.34. The molecule has 0 atom stereocenters. The van der Waals surface area contributed by atoms with E-state index in [1.54, 1.807) is 10.9 Å². The lowest BCUT2D eigenvalue weighted by atomic mass is 10.1. The Hall–Kier alpha value is -1.87. The number of benzene rings is 1. The predicted octanol–water partition coefficient (Wildman–Crippen LogP) is 2.94. The first-order chi connectivity index (χ1) is 9.28. The van der Waals surface area contributed by atoms with Gasteiger partial charge in [0, 0.05) is 35.2 Å². The van der Waals surface area contributed by atoms with E-state index in [-0.39, 0.29) is 5.78 Å². The van der Waals surface area contributed by atoms with Gasteiger partial charge in [-0.3, -0.25) is 9.48 Å². The number of hydrogen-bond acceptors (Lipinski definition) is 2. The maximum atomic E-state index is 12.2. The minimum Gasteiger partial charge on any atom is -0.289 e. The Labute approximate surface area is 116 Å². The molecule has 0 saturated carbocycles. The number of carbonyl (C=O) groups excluding carboxylic acids is 1. The summed E-state index contributed by atoms with van der Waals surface area (Å²) in [6.07, 6.45) is 6.29. The normalized spacial score (nSPS) is 16.1. The quantitative estimate of drug-likeness (QED) is 0.636. The first kappa shape index (κ1) is 12.2. The summed E-state index contributed by atoms with van der Waals surface area (Å²) in [4.78, 5) is 12.2. The monoisotopic (exact) mass is 272 g/mol. The molecule has 2 aromatic rings. The van der Waals surface area contributed by atoms with Crippen LogP contribution in [0.4, 0.5) is 0 Å². The lowest BCUT2D eigenvalue weighted by molar-refractivity contribution is 0.104. The van der Waals surface area contributed by atoms with Crippen molar-refractivity contribution in [3.63, 3.8) is 0 Å². The molecule has 0 radical (unpaired) electrons. The topological polar surface area (TPSA) is 34.9 Å². The minimum absolute atomic E-state index is 0.126. The Morgan fingerprint density at radius 3 is 3.00 bits per heavy atom. The summed E-state index contributed by atoms with van der Waals surface area (Å²) in [5.74, 6) is 0.655. The fourth-order valence-electron chi connectivity index (χ4n) is 2.34. The number of fused-ring (bicyclic) bond motifs is 1. The highest BCUT2D eigenvalue weighted by Gasteiger charge is 2.23. The molecule has 0 amide bonds. The molecule has 3 nitrogen and oxygen atoms in total. The van der Waals surface area contributed by atoms with Crippen LogP contribution in [-0.2, 0) is 13.0 Å². The standard InChI is InChI=1S/C15H13ClN2O/c16-5-6-18-10-11(9-17-18)7-13-8-12-3-1-2-4-14(12)15(13)19/h1-4,7,9-10H,5-6,8H2. The van der Waals surface area contributed by atoms with Gasteiger partial charge < -0.3 is 0 Å². The summed E-state index contributed by atoms with van der Waals surface area (Å²) in [5, 5.41) is 4.20. The number of carbonyl (C=O) groups is 1. The third-order valence-corrected chi connectivity index (χ3v) is 3.41. The number of Topliss-reactive ketones (excluding diaryl/α,β-unsaturated/α-hetero) is 1. The number of rotatable bonds is 3. The molecule has 3 rings (SSSR count). The molecule has 4 heteroatoms. The molecule has 0 saturated heterocycles. The lowest BCUT2D eigenvalue weighted by Gasteiger charge is -1.94. The molecule has 0 fully saturated rings. The summed E-state index contributed by atoms with van der Waals surface area (Å²) in [7, 11) is 0. The van der Waals surface area contributed by atoms with E-state index in [0.717, 1.165) is 22.3 Å². The average Bonchev–Trinajstić information content (AvgIpc) is 2.97. The number of hydrogen-bond donors (Lipinski definition) is 0. The van der Waals surface area contributed by atoms with Gasteiger partial charge in [-0.2, -0.15) is 5.10 Å². The highest BCUT2D eigenvalue weighted by Crippen LogP contribution is 2.27. The van der Waals surface area contributed by atoms with Crippen LogP contribution < -0.4 is 0 Å². The summed E-state index contributed by atoms with van der Waals surface area (Å²) in [6.45, 7) is 0.679. The third-order valence-electron chi connectivity index (χ3n) is 3.24. The van der Waals surface area contributed by atoms with Crippen LogP contribution in [0, 0.1) is 0 Å². The van der Waals surface area contributed by atoms with Crippen LogP contribution in [0.2, 0.25) is 0 Å². The molecule has 0 spiro atoms. The number of aryl methyl sites for hydroxylation is 1. The van der Waals surface area contributed by atoms with Crippen LogP contribution in [0.1, 0.15) is 21.5 Å². The van der Waals surface area contributed by atoms with Gasteiger partial charge in [-0.05, 0) is 11.6 Å². The summed E-state index contributed by atoms with van der Waals surface area (Å²) < 4.78 is 1.78. The van der Waals surface area contributed by atoms with Crippen molar-refractivity contribution in [1.29, 1.82) is 0 Å². The maximum absolute atomic E-state index is 12.2. The zero-order valence-electron chi connectivity index (χ0n) is 10.3. The molecule has 0 bridgehead atoms. The van der Waals surface area contributed by atoms with Crippen molar-refractivity contribution in [3.05, 3.63) is 58.9 Å². The SMILES string of the molecule is O=C1C(=Cc2cnn(CCCl)c2)Cc2ccccc21. The van der Waals surface area contributed by atoms with Crippen molar-refractivity contribution in [3.8, 4) is 0 Å². The average molecular weight is 273 g/mol.